The topological polar surface area (TPSA) is 55.4 Å². The van der Waals surface area contributed by atoms with E-state index in [0.717, 1.165) is 11.1 Å². The predicted molar refractivity (Wildman–Crippen MR) is 97.2 cm³/mol. The summed E-state index contributed by atoms with van der Waals surface area (Å²) in [6.45, 7) is 9.08. The molecule has 1 amide bonds. The third kappa shape index (κ3) is 8.45. The van der Waals surface area contributed by atoms with Crippen molar-refractivity contribution in [2.24, 2.45) is 0 Å². The zero-order valence-corrected chi connectivity index (χ0v) is 16.5. The van der Waals surface area contributed by atoms with Gasteiger partial charge in [0.1, 0.15) is 5.60 Å². The number of unbranched alkanes of at least 4 members (excludes halogenated alkanes) is 1. The van der Waals surface area contributed by atoms with Crippen LogP contribution in [0.1, 0.15) is 69.2 Å². The number of hydrogen-bond acceptors (Lipinski definition) is 3. The zero-order valence-electron chi connectivity index (χ0n) is 16.5. The lowest BCUT2D eigenvalue weighted by molar-refractivity contribution is -0.174. The maximum Gasteiger partial charge on any atom is 0.471 e. The first kappa shape index (κ1) is 23.0. The van der Waals surface area contributed by atoms with Crippen molar-refractivity contribution in [1.29, 1.82) is 0 Å². The highest BCUT2D eigenvalue weighted by molar-refractivity contribution is 5.82. The second kappa shape index (κ2) is 9.24. The molecule has 1 aromatic rings. The van der Waals surface area contributed by atoms with Gasteiger partial charge in [-0.15, -0.1) is 0 Å². The molecule has 152 valence electrons. The van der Waals surface area contributed by atoms with Crippen molar-refractivity contribution < 1.29 is 27.5 Å². The first-order valence-electron chi connectivity index (χ1n) is 8.96. The molecule has 0 bridgehead atoms. The van der Waals surface area contributed by atoms with Crippen LogP contribution in [0.4, 0.5) is 13.2 Å². The number of ether oxygens (including phenoxy) is 1. The molecule has 0 aromatic heterocycles. The molecule has 1 N–H and O–H groups in total. The van der Waals surface area contributed by atoms with Crippen molar-refractivity contribution in [3.8, 4) is 0 Å². The van der Waals surface area contributed by atoms with Crippen LogP contribution < -0.4 is 5.32 Å². The molecule has 1 rings (SSSR count). The molecule has 27 heavy (non-hydrogen) atoms. The van der Waals surface area contributed by atoms with E-state index in [1.54, 1.807) is 32.9 Å². The lowest BCUT2D eigenvalue weighted by Crippen LogP contribution is -2.39. The summed E-state index contributed by atoms with van der Waals surface area (Å²) < 4.78 is 43.2. The minimum absolute atomic E-state index is 0.185. The summed E-state index contributed by atoms with van der Waals surface area (Å²) in [6.07, 6.45) is -3.50. The number of hydrogen-bond donors (Lipinski definition) is 1. The van der Waals surface area contributed by atoms with Crippen molar-refractivity contribution in [2.45, 2.75) is 78.1 Å². The number of carbonyl (C=O) groups is 2. The Hall–Kier alpha value is -2.05. The van der Waals surface area contributed by atoms with Crippen LogP contribution in [0.15, 0.2) is 18.2 Å². The van der Waals surface area contributed by atoms with Gasteiger partial charge in [-0.3, -0.25) is 9.59 Å². The number of benzene rings is 1. The highest BCUT2D eigenvalue weighted by Gasteiger charge is 2.39. The van der Waals surface area contributed by atoms with Gasteiger partial charge < -0.3 is 10.1 Å². The van der Waals surface area contributed by atoms with Crippen LogP contribution in [-0.2, 0) is 14.3 Å². The minimum Gasteiger partial charge on any atom is -0.460 e. The van der Waals surface area contributed by atoms with Gasteiger partial charge in [-0.05, 0) is 64.2 Å². The van der Waals surface area contributed by atoms with E-state index in [4.69, 9.17) is 4.74 Å². The van der Waals surface area contributed by atoms with Crippen LogP contribution in [0.5, 0.6) is 0 Å². The molecular weight excluding hydrogens is 359 g/mol. The molecule has 1 aromatic carbocycles. The SMILES string of the molecule is Cc1ccc([C@@H](CCCCC(=O)OC(C)(C)C)NC(=O)C(F)(F)F)cc1C. The molecule has 0 aliphatic rings. The van der Waals surface area contributed by atoms with Gasteiger partial charge in [-0.25, -0.2) is 0 Å². The number of amides is 1. The molecule has 0 heterocycles. The van der Waals surface area contributed by atoms with Gasteiger partial charge >= 0.3 is 18.1 Å². The van der Waals surface area contributed by atoms with E-state index < -0.39 is 23.7 Å². The van der Waals surface area contributed by atoms with E-state index in [-0.39, 0.29) is 12.4 Å². The first-order valence-corrected chi connectivity index (χ1v) is 8.96. The molecule has 0 saturated heterocycles. The van der Waals surface area contributed by atoms with E-state index in [1.165, 1.54) is 0 Å². The Labute approximate surface area is 158 Å². The third-order valence-corrected chi connectivity index (χ3v) is 4.04. The van der Waals surface area contributed by atoms with Crippen LogP contribution >= 0.6 is 0 Å². The van der Waals surface area contributed by atoms with Crippen LogP contribution in [0.25, 0.3) is 0 Å². The summed E-state index contributed by atoms with van der Waals surface area (Å²) in [7, 11) is 0. The average Bonchev–Trinajstić information content (AvgIpc) is 2.50. The maximum atomic E-state index is 12.6. The molecule has 0 fully saturated rings. The van der Waals surface area contributed by atoms with Crippen molar-refractivity contribution in [3.05, 3.63) is 34.9 Å². The maximum absolute atomic E-state index is 12.6. The number of carbonyl (C=O) groups excluding carboxylic acids is 2. The summed E-state index contributed by atoms with van der Waals surface area (Å²) >= 11 is 0. The fourth-order valence-electron chi connectivity index (χ4n) is 2.55. The van der Waals surface area contributed by atoms with Gasteiger partial charge in [0.15, 0.2) is 0 Å². The standard InChI is InChI=1S/C20H28F3NO3/c1-13-10-11-15(12-14(13)2)16(24-18(26)20(21,22)23)8-6-7-9-17(25)27-19(3,4)5/h10-12,16H,6-9H2,1-5H3,(H,24,26)/t16-/m1/s1. The monoisotopic (exact) mass is 387 g/mol. The average molecular weight is 387 g/mol. The number of nitrogens with one attached hydrogen (secondary N) is 1. The second-order valence-electron chi connectivity index (χ2n) is 7.70. The molecule has 0 saturated carbocycles. The van der Waals surface area contributed by atoms with Crippen molar-refractivity contribution >= 4 is 11.9 Å². The molecule has 1 atom stereocenters. The number of halogens is 3. The summed E-state index contributed by atoms with van der Waals surface area (Å²) in [5.41, 5.74) is 2.00. The Balaban J connectivity index is 2.73. The third-order valence-electron chi connectivity index (χ3n) is 4.04. The number of rotatable bonds is 7. The molecule has 0 aliphatic carbocycles. The second-order valence-corrected chi connectivity index (χ2v) is 7.70. The fraction of sp³-hybridized carbons (Fsp3) is 0.600. The van der Waals surface area contributed by atoms with E-state index in [1.807, 2.05) is 19.9 Å². The number of alkyl halides is 3. The molecule has 4 nitrogen and oxygen atoms in total. The van der Waals surface area contributed by atoms with Gasteiger partial charge in [-0.2, -0.15) is 13.2 Å². The smallest absolute Gasteiger partial charge is 0.460 e. The summed E-state index contributed by atoms with van der Waals surface area (Å²) in [5, 5.41) is 2.07. The van der Waals surface area contributed by atoms with Crippen LogP contribution in [0, 0.1) is 13.8 Å². The molecule has 7 heteroatoms. The fourth-order valence-corrected chi connectivity index (χ4v) is 2.55. The van der Waals surface area contributed by atoms with Gasteiger partial charge in [0.05, 0.1) is 6.04 Å². The minimum atomic E-state index is -4.94. The molecule has 0 unspecified atom stereocenters. The predicted octanol–water partition coefficient (Wildman–Crippen LogP) is 4.93. The van der Waals surface area contributed by atoms with Crippen molar-refractivity contribution in [1.82, 2.24) is 5.32 Å². The van der Waals surface area contributed by atoms with Crippen molar-refractivity contribution in [3.63, 3.8) is 0 Å². The zero-order chi connectivity index (χ0) is 20.8. The van der Waals surface area contributed by atoms with Gasteiger partial charge in [0.25, 0.3) is 0 Å². The van der Waals surface area contributed by atoms with E-state index >= 15 is 0 Å². The number of esters is 1. The summed E-state index contributed by atoms with van der Waals surface area (Å²) in [4.78, 5) is 23.1. The summed E-state index contributed by atoms with van der Waals surface area (Å²) in [6, 6.07) is 4.55. The van der Waals surface area contributed by atoms with Crippen molar-refractivity contribution in [2.75, 3.05) is 0 Å². The lowest BCUT2D eigenvalue weighted by atomic mass is 9.96. The Kier molecular flexibility index (Phi) is 7.87. The Morgan fingerprint density at radius 2 is 1.70 bits per heavy atom. The Morgan fingerprint density at radius 1 is 1.07 bits per heavy atom. The first-order chi connectivity index (χ1) is 12.3. The lowest BCUT2D eigenvalue weighted by Gasteiger charge is -2.21. The molecular formula is C20H28F3NO3. The van der Waals surface area contributed by atoms with Gasteiger partial charge in [0.2, 0.25) is 0 Å². The largest absolute Gasteiger partial charge is 0.471 e. The van der Waals surface area contributed by atoms with Gasteiger partial charge in [0, 0.05) is 6.42 Å². The van der Waals surface area contributed by atoms with E-state index in [0.29, 0.717) is 24.8 Å². The van der Waals surface area contributed by atoms with Gasteiger partial charge in [-0.1, -0.05) is 24.6 Å². The quantitative estimate of drug-likeness (QED) is 0.533. The van der Waals surface area contributed by atoms with Crippen LogP contribution in [0.3, 0.4) is 0 Å². The highest BCUT2D eigenvalue weighted by Crippen LogP contribution is 2.25. The van der Waals surface area contributed by atoms with Crippen LogP contribution in [0.2, 0.25) is 0 Å². The summed E-state index contributed by atoms with van der Waals surface area (Å²) in [5.74, 6) is -2.30. The number of aryl methyl sites for hydroxylation is 2. The molecule has 0 spiro atoms. The van der Waals surface area contributed by atoms with Crippen LogP contribution in [-0.4, -0.2) is 23.7 Å². The van der Waals surface area contributed by atoms with E-state index in [2.05, 4.69) is 5.32 Å². The Bertz CT molecular complexity index is 663. The molecule has 0 aliphatic heterocycles. The highest BCUT2D eigenvalue weighted by atomic mass is 19.4. The Morgan fingerprint density at radius 3 is 2.22 bits per heavy atom. The van der Waals surface area contributed by atoms with E-state index in [9.17, 15) is 22.8 Å². The normalized spacial score (nSPS) is 13.2. The molecule has 0 radical (unpaired) electrons.